The molecule has 4 nitrogen and oxygen atoms in total. The number of carbonyl (C=O) groups excluding carboxylic acids is 1. The molecule has 0 spiro atoms. The molecule has 1 aromatic carbocycles. The standard InChI is InChI=1S/C17H27N3O/c1-11(2)13-6-4-5-7-15(13)19-17(21)14-9-8-12(3)10-16(14)20-18/h8-11,13,15,20H,4-7,18H2,1-3H3,(H,19,21). The number of anilines is 1. The van der Waals surface area contributed by atoms with Gasteiger partial charge in [0.2, 0.25) is 0 Å². The lowest BCUT2D eigenvalue weighted by Crippen LogP contribution is -2.44. The van der Waals surface area contributed by atoms with Crippen LogP contribution < -0.4 is 16.6 Å². The van der Waals surface area contributed by atoms with Crippen LogP contribution in [0.15, 0.2) is 18.2 Å². The second kappa shape index (κ2) is 6.94. The fourth-order valence-corrected chi connectivity index (χ4v) is 3.36. The average Bonchev–Trinajstić information content (AvgIpc) is 2.47. The second-order valence-corrected chi connectivity index (χ2v) is 6.47. The number of aryl methyl sites for hydroxylation is 1. The van der Waals surface area contributed by atoms with Crippen LogP contribution in [0.25, 0.3) is 0 Å². The molecule has 116 valence electrons. The summed E-state index contributed by atoms with van der Waals surface area (Å²) in [5.41, 5.74) is 5.01. The Kier molecular flexibility index (Phi) is 5.23. The van der Waals surface area contributed by atoms with Gasteiger partial charge in [-0.1, -0.05) is 32.8 Å². The first kappa shape index (κ1) is 15.8. The maximum absolute atomic E-state index is 12.6. The van der Waals surface area contributed by atoms with Gasteiger partial charge in [0.05, 0.1) is 11.3 Å². The number of benzene rings is 1. The van der Waals surface area contributed by atoms with E-state index in [1.165, 1.54) is 19.3 Å². The van der Waals surface area contributed by atoms with Crippen LogP contribution >= 0.6 is 0 Å². The van der Waals surface area contributed by atoms with Crippen molar-refractivity contribution in [3.8, 4) is 0 Å². The van der Waals surface area contributed by atoms with Crippen LogP contribution in [-0.2, 0) is 0 Å². The number of nitrogens with one attached hydrogen (secondary N) is 2. The van der Waals surface area contributed by atoms with Gasteiger partial charge in [-0.25, -0.2) is 0 Å². The van der Waals surface area contributed by atoms with Crippen molar-refractivity contribution in [2.45, 2.75) is 52.5 Å². The first-order chi connectivity index (χ1) is 10.0. The Bertz CT molecular complexity index is 499. The Morgan fingerprint density at radius 2 is 2.00 bits per heavy atom. The topological polar surface area (TPSA) is 67.2 Å². The van der Waals surface area contributed by atoms with Crippen LogP contribution in [0.4, 0.5) is 5.69 Å². The Morgan fingerprint density at radius 1 is 1.29 bits per heavy atom. The first-order valence-electron chi connectivity index (χ1n) is 7.91. The van der Waals surface area contributed by atoms with Gasteiger partial charge in [0.25, 0.3) is 5.91 Å². The van der Waals surface area contributed by atoms with E-state index in [9.17, 15) is 4.79 Å². The van der Waals surface area contributed by atoms with Crippen LogP contribution in [0.2, 0.25) is 0 Å². The number of rotatable bonds is 4. The van der Waals surface area contributed by atoms with Crippen molar-refractivity contribution < 1.29 is 4.79 Å². The van der Waals surface area contributed by atoms with Crippen LogP contribution in [0.1, 0.15) is 55.5 Å². The zero-order valence-corrected chi connectivity index (χ0v) is 13.3. The van der Waals surface area contributed by atoms with Gasteiger partial charge in [-0.2, -0.15) is 0 Å². The molecule has 4 heteroatoms. The monoisotopic (exact) mass is 289 g/mol. The summed E-state index contributed by atoms with van der Waals surface area (Å²) >= 11 is 0. The van der Waals surface area contributed by atoms with Gasteiger partial charge in [0.1, 0.15) is 0 Å². The normalized spacial score (nSPS) is 22.1. The lowest BCUT2D eigenvalue weighted by atomic mass is 9.78. The molecule has 1 fully saturated rings. The highest BCUT2D eigenvalue weighted by Gasteiger charge is 2.29. The fourth-order valence-electron chi connectivity index (χ4n) is 3.36. The third-order valence-corrected chi connectivity index (χ3v) is 4.57. The van der Waals surface area contributed by atoms with Gasteiger partial charge in [0.15, 0.2) is 0 Å². The van der Waals surface area contributed by atoms with E-state index in [0.717, 1.165) is 12.0 Å². The quantitative estimate of drug-likeness (QED) is 0.589. The van der Waals surface area contributed by atoms with Crippen LogP contribution in [0, 0.1) is 18.8 Å². The van der Waals surface area contributed by atoms with Crippen molar-refractivity contribution in [2.24, 2.45) is 17.7 Å². The van der Waals surface area contributed by atoms with Crippen molar-refractivity contribution in [1.82, 2.24) is 5.32 Å². The molecule has 2 atom stereocenters. The molecular weight excluding hydrogens is 262 g/mol. The Labute approximate surface area is 127 Å². The molecule has 2 unspecified atom stereocenters. The van der Waals surface area contributed by atoms with Gasteiger partial charge < -0.3 is 10.7 Å². The van der Waals surface area contributed by atoms with Crippen molar-refractivity contribution in [3.63, 3.8) is 0 Å². The number of nitrogen functional groups attached to an aromatic ring is 1. The molecule has 1 aliphatic carbocycles. The molecule has 4 N–H and O–H groups in total. The number of nitrogens with two attached hydrogens (primary N) is 1. The molecule has 0 aromatic heterocycles. The minimum Gasteiger partial charge on any atom is -0.349 e. The molecule has 21 heavy (non-hydrogen) atoms. The smallest absolute Gasteiger partial charge is 0.253 e. The number of hydrogen-bond donors (Lipinski definition) is 3. The molecule has 0 radical (unpaired) electrons. The molecule has 0 saturated heterocycles. The SMILES string of the molecule is Cc1ccc(C(=O)NC2CCCCC2C(C)C)c(NN)c1. The molecule has 0 aliphatic heterocycles. The van der Waals surface area contributed by atoms with E-state index in [-0.39, 0.29) is 11.9 Å². The predicted octanol–water partition coefficient (Wildman–Crippen LogP) is 3.23. The highest BCUT2D eigenvalue weighted by molar-refractivity contribution is 5.99. The van der Waals surface area contributed by atoms with Crippen LogP contribution in [0.3, 0.4) is 0 Å². The summed E-state index contributed by atoms with van der Waals surface area (Å²) in [6.45, 7) is 6.47. The lowest BCUT2D eigenvalue weighted by Gasteiger charge is -2.35. The summed E-state index contributed by atoms with van der Waals surface area (Å²) in [5, 5.41) is 3.23. The Balaban J connectivity index is 2.13. The van der Waals surface area contributed by atoms with Crippen LogP contribution in [-0.4, -0.2) is 11.9 Å². The van der Waals surface area contributed by atoms with Crippen molar-refractivity contribution >= 4 is 11.6 Å². The van der Waals surface area contributed by atoms with Gasteiger partial charge in [-0.15, -0.1) is 0 Å². The molecule has 2 rings (SSSR count). The molecule has 0 bridgehead atoms. The van der Waals surface area contributed by atoms with E-state index < -0.39 is 0 Å². The van der Waals surface area contributed by atoms with Crippen molar-refractivity contribution in [1.29, 1.82) is 0 Å². The molecule has 1 amide bonds. The zero-order chi connectivity index (χ0) is 15.4. The maximum atomic E-state index is 12.6. The fraction of sp³-hybridized carbons (Fsp3) is 0.588. The number of hydrazine groups is 1. The van der Waals surface area contributed by atoms with Gasteiger partial charge in [-0.3, -0.25) is 10.6 Å². The molecule has 1 aromatic rings. The van der Waals surface area contributed by atoms with E-state index in [0.29, 0.717) is 23.1 Å². The van der Waals surface area contributed by atoms with Gasteiger partial charge in [0, 0.05) is 6.04 Å². The summed E-state index contributed by atoms with van der Waals surface area (Å²) in [7, 11) is 0. The van der Waals surface area contributed by atoms with Gasteiger partial charge >= 0.3 is 0 Å². The third-order valence-electron chi connectivity index (χ3n) is 4.57. The molecule has 1 aliphatic rings. The molecule has 1 saturated carbocycles. The van der Waals surface area contributed by atoms with E-state index in [1.807, 2.05) is 25.1 Å². The molecular formula is C17H27N3O. The van der Waals surface area contributed by atoms with E-state index >= 15 is 0 Å². The zero-order valence-electron chi connectivity index (χ0n) is 13.3. The highest BCUT2D eigenvalue weighted by Crippen LogP contribution is 2.30. The maximum Gasteiger partial charge on any atom is 0.253 e. The summed E-state index contributed by atoms with van der Waals surface area (Å²) in [6, 6.07) is 5.96. The van der Waals surface area contributed by atoms with Gasteiger partial charge in [-0.05, 0) is 49.3 Å². The first-order valence-corrected chi connectivity index (χ1v) is 7.91. The largest absolute Gasteiger partial charge is 0.349 e. The predicted molar refractivity (Wildman–Crippen MR) is 87.0 cm³/mol. The summed E-state index contributed by atoms with van der Waals surface area (Å²) in [6.07, 6.45) is 4.75. The lowest BCUT2D eigenvalue weighted by molar-refractivity contribution is 0.0890. The summed E-state index contributed by atoms with van der Waals surface area (Å²) < 4.78 is 0. The van der Waals surface area contributed by atoms with Crippen molar-refractivity contribution in [2.75, 3.05) is 5.43 Å². The second-order valence-electron chi connectivity index (χ2n) is 6.47. The minimum atomic E-state index is -0.0273. The number of carbonyl (C=O) groups is 1. The number of amides is 1. The summed E-state index contributed by atoms with van der Waals surface area (Å²) in [5.74, 6) is 6.68. The Morgan fingerprint density at radius 3 is 2.67 bits per heavy atom. The molecule has 0 heterocycles. The number of hydrogen-bond acceptors (Lipinski definition) is 3. The van der Waals surface area contributed by atoms with Crippen molar-refractivity contribution in [3.05, 3.63) is 29.3 Å². The highest BCUT2D eigenvalue weighted by atomic mass is 16.1. The average molecular weight is 289 g/mol. The van der Waals surface area contributed by atoms with Crippen LogP contribution in [0.5, 0.6) is 0 Å². The Hall–Kier alpha value is -1.55. The summed E-state index contributed by atoms with van der Waals surface area (Å²) in [4.78, 5) is 12.6. The van der Waals surface area contributed by atoms with E-state index in [2.05, 4.69) is 24.6 Å². The van der Waals surface area contributed by atoms with E-state index in [1.54, 1.807) is 0 Å². The third kappa shape index (κ3) is 3.76. The minimum absolute atomic E-state index is 0.0273. The van der Waals surface area contributed by atoms with E-state index in [4.69, 9.17) is 5.84 Å².